The van der Waals surface area contributed by atoms with Crippen molar-refractivity contribution in [1.29, 1.82) is 0 Å². The minimum Gasteiger partial charge on any atom is -0.320 e. The van der Waals surface area contributed by atoms with Gasteiger partial charge in [0.1, 0.15) is 0 Å². The summed E-state index contributed by atoms with van der Waals surface area (Å²) in [6, 6.07) is 4.20. The summed E-state index contributed by atoms with van der Waals surface area (Å²) in [6.07, 6.45) is 0. The molecule has 1 radical (unpaired) electrons. The molecule has 2 N–H and O–H groups in total. The normalized spacial score (nSPS) is 10.6. The van der Waals surface area contributed by atoms with Crippen molar-refractivity contribution in [3.8, 4) is 0 Å². The maximum absolute atomic E-state index is 12.8. The highest BCUT2D eigenvalue weighted by atomic mass is 19.2. The van der Waals surface area contributed by atoms with Crippen molar-refractivity contribution in [2.45, 2.75) is 6.92 Å². The zero-order chi connectivity index (χ0) is 8.43. The van der Waals surface area contributed by atoms with E-state index in [9.17, 15) is 8.78 Å². The molecule has 0 atom stereocenters. The Kier molecular flexibility index (Phi) is 2.19. The van der Waals surface area contributed by atoms with Crippen LogP contribution >= 0.6 is 0 Å². The second-order valence-corrected chi connectivity index (χ2v) is 2.28. The SMILES string of the molecule is C[C](N)c1cccc(F)c1F. The summed E-state index contributed by atoms with van der Waals surface area (Å²) in [5.41, 5.74) is 5.42. The zero-order valence-corrected chi connectivity index (χ0v) is 6.07. The van der Waals surface area contributed by atoms with E-state index in [4.69, 9.17) is 5.73 Å². The number of halogens is 2. The van der Waals surface area contributed by atoms with Gasteiger partial charge in [0.2, 0.25) is 0 Å². The van der Waals surface area contributed by atoms with E-state index in [0.717, 1.165) is 6.07 Å². The highest BCUT2D eigenvalue weighted by Crippen LogP contribution is 2.15. The summed E-state index contributed by atoms with van der Waals surface area (Å²) in [6.45, 7) is 1.53. The Morgan fingerprint density at radius 3 is 2.45 bits per heavy atom. The first kappa shape index (κ1) is 8.14. The first-order chi connectivity index (χ1) is 5.13. The van der Waals surface area contributed by atoms with Gasteiger partial charge in [0.25, 0.3) is 0 Å². The number of benzene rings is 1. The largest absolute Gasteiger partial charge is 0.320 e. The molecule has 0 fully saturated rings. The van der Waals surface area contributed by atoms with Gasteiger partial charge in [0, 0.05) is 5.56 Å². The second kappa shape index (κ2) is 2.96. The van der Waals surface area contributed by atoms with E-state index in [0.29, 0.717) is 0 Å². The van der Waals surface area contributed by atoms with Crippen LogP contribution in [0.25, 0.3) is 0 Å². The van der Waals surface area contributed by atoms with Crippen LogP contribution in [0.15, 0.2) is 18.2 Å². The van der Waals surface area contributed by atoms with E-state index in [1.165, 1.54) is 19.1 Å². The first-order valence-corrected chi connectivity index (χ1v) is 3.16. The van der Waals surface area contributed by atoms with E-state index in [1.54, 1.807) is 0 Å². The van der Waals surface area contributed by atoms with Gasteiger partial charge in [-0.1, -0.05) is 12.1 Å². The summed E-state index contributed by atoms with van der Waals surface area (Å²) >= 11 is 0. The predicted molar refractivity (Wildman–Crippen MR) is 38.6 cm³/mol. The van der Waals surface area contributed by atoms with Gasteiger partial charge < -0.3 is 5.73 Å². The van der Waals surface area contributed by atoms with Crippen molar-refractivity contribution in [3.05, 3.63) is 41.4 Å². The molecule has 0 saturated heterocycles. The third-order valence-corrected chi connectivity index (χ3v) is 1.38. The van der Waals surface area contributed by atoms with Gasteiger partial charge in [-0.2, -0.15) is 0 Å². The molecule has 0 amide bonds. The van der Waals surface area contributed by atoms with Gasteiger partial charge in [-0.15, -0.1) is 0 Å². The van der Waals surface area contributed by atoms with Crippen LogP contribution in [-0.4, -0.2) is 0 Å². The third-order valence-electron chi connectivity index (χ3n) is 1.38. The molecule has 0 aliphatic heterocycles. The van der Waals surface area contributed by atoms with Crippen LogP contribution in [0.4, 0.5) is 8.78 Å². The summed E-state index contributed by atoms with van der Waals surface area (Å²) in [7, 11) is 0. The number of rotatable bonds is 1. The van der Waals surface area contributed by atoms with Gasteiger partial charge in [-0.25, -0.2) is 8.78 Å². The number of hydrogen-bond donors (Lipinski definition) is 1. The molecule has 1 rings (SSSR count). The number of hydrogen-bond acceptors (Lipinski definition) is 1. The predicted octanol–water partition coefficient (Wildman–Crippen LogP) is 1.82. The van der Waals surface area contributed by atoms with Crippen molar-refractivity contribution in [1.82, 2.24) is 0 Å². The smallest absolute Gasteiger partial charge is 0.163 e. The van der Waals surface area contributed by atoms with E-state index in [-0.39, 0.29) is 11.6 Å². The average molecular weight is 156 g/mol. The van der Waals surface area contributed by atoms with Crippen molar-refractivity contribution in [2.75, 3.05) is 0 Å². The van der Waals surface area contributed by atoms with E-state index in [2.05, 4.69) is 0 Å². The fourth-order valence-electron chi connectivity index (χ4n) is 0.808. The Labute approximate surface area is 63.8 Å². The van der Waals surface area contributed by atoms with Crippen LogP contribution in [0, 0.1) is 17.7 Å². The van der Waals surface area contributed by atoms with Gasteiger partial charge >= 0.3 is 0 Å². The Balaban J connectivity index is 3.17. The molecule has 59 valence electrons. The van der Waals surface area contributed by atoms with Crippen LogP contribution in [0.5, 0.6) is 0 Å². The summed E-state index contributed by atoms with van der Waals surface area (Å²) < 4.78 is 25.3. The monoisotopic (exact) mass is 156 g/mol. The summed E-state index contributed by atoms with van der Waals surface area (Å²) in [5, 5.41) is 0. The van der Waals surface area contributed by atoms with E-state index in [1.807, 2.05) is 0 Å². The average Bonchev–Trinajstić information content (AvgIpc) is 1.94. The fraction of sp³-hybridized carbons (Fsp3) is 0.125. The maximum atomic E-state index is 12.8. The van der Waals surface area contributed by atoms with E-state index < -0.39 is 11.6 Å². The molecule has 0 spiro atoms. The lowest BCUT2D eigenvalue weighted by molar-refractivity contribution is 0.501. The molecule has 1 aromatic rings. The molecule has 0 aliphatic carbocycles. The molecule has 3 heteroatoms. The molecular weight excluding hydrogens is 148 g/mol. The number of nitrogens with two attached hydrogens (primary N) is 1. The van der Waals surface area contributed by atoms with Crippen LogP contribution in [-0.2, 0) is 0 Å². The van der Waals surface area contributed by atoms with Crippen LogP contribution < -0.4 is 5.73 Å². The zero-order valence-electron chi connectivity index (χ0n) is 6.07. The highest BCUT2D eigenvalue weighted by Gasteiger charge is 2.10. The van der Waals surface area contributed by atoms with Gasteiger partial charge in [0.05, 0.1) is 6.04 Å². The lowest BCUT2D eigenvalue weighted by Crippen LogP contribution is -2.09. The summed E-state index contributed by atoms with van der Waals surface area (Å²) in [5.74, 6) is -1.75. The molecule has 0 aliphatic rings. The Morgan fingerprint density at radius 1 is 1.36 bits per heavy atom. The van der Waals surface area contributed by atoms with Gasteiger partial charge in [-0.3, -0.25) is 0 Å². The van der Waals surface area contributed by atoms with E-state index >= 15 is 0 Å². The standard InChI is InChI=1S/C8H8F2N/c1-5(11)6-3-2-4-7(9)8(6)10/h2-4H,11H2,1H3. The third kappa shape index (κ3) is 1.54. The lowest BCUT2D eigenvalue weighted by atomic mass is 10.1. The van der Waals surface area contributed by atoms with Crippen LogP contribution in [0.3, 0.4) is 0 Å². The Morgan fingerprint density at radius 2 is 2.00 bits per heavy atom. The van der Waals surface area contributed by atoms with Gasteiger partial charge in [0.15, 0.2) is 11.6 Å². The second-order valence-electron chi connectivity index (χ2n) is 2.28. The topological polar surface area (TPSA) is 26.0 Å². The molecule has 1 nitrogen and oxygen atoms in total. The lowest BCUT2D eigenvalue weighted by Gasteiger charge is -2.05. The molecule has 1 aromatic carbocycles. The molecule has 11 heavy (non-hydrogen) atoms. The molecule has 0 aromatic heterocycles. The van der Waals surface area contributed by atoms with Crippen LogP contribution in [0.2, 0.25) is 0 Å². The molecule has 0 unspecified atom stereocenters. The molecule has 0 heterocycles. The quantitative estimate of drug-likeness (QED) is 0.659. The molecular formula is C8H8F2N. The Bertz CT molecular complexity index is 258. The van der Waals surface area contributed by atoms with Crippen molar-refractivity contribution < 1.29 is 8.78 Å². The fourth-order valence-corrected chi connectivity index (χ4v) is 0.808. The van der Waals surface area contributed by atoms with Crippen molar-refractivity contribution in [2.24, 2.45) is 5.73 Å². The minimum atomic E-state index is -0.882. The highest BCUT2D eigenvalue weighted by molar-refractivity contribution is 5.29. The summed E-state index contributed by atoms with van der Waals surface area (Å²) in [4.78, 5) is 0. The minimum absolute atomic E-state index is 0.130. The first-order valence-electron chi connectivity index (χ1n) is 3.16. The van der Waals surface area contributed by atoms with Crippen molar-refractivity contribution >= 4 is 0 Å². The molecule has 0 bridgehead atoms. The van der Waals surface area contributed by atoms with Crippen LogP contribution in [0.1, 0.15) is 12.5 Å². The molecule has 0 saturated carbocycles. The van der Waals surface area contributed by atoms with Gasteiger partial charge in [-0.05, 0) is 13.0 Å². The maximum Gasteiger partial charge on any atom is 0.163 e. The van der Waals surface area contributed by atoms with Crippen molar-refractivity contribution in [3.63, 3.8) is 0 Å². The Hall–Kier alpha value is -0.960.